The van der Waals surface area contributed by atoms with Gasteiger partial charge in [0.1, 0.15) is 0 Å². The Bertz CT molecular complexity index is 974. The Morgan fingerprint density at radius 3 is 2.15 bits per heavy atom. The molecule has 0 bridgehead atoms. The normalized spacial score (nSPS) is 11.0. The first-order chi connectivity index (χ1) is 12.6. The summed E-state index contributed by atoms with van der Waals surface area (Å²) in [5.41, 5.74) is 4.13. The Morgan fingerprint density at radius 1 is 0.923 bits per heavy atom. The minimum Gasteiger partial charge on any atom is -0.350 e. The predicted molar refractivity (Wildman–Crippen MR) is 104 cm³/mol. The van der Waals surface area contributed by atoms with E-state index in [9.17, 15) is 4.79 Å². The number of hydrogen-bond acceptors (Lipinski definition) is 4. The molecule has 0 amide bonds. The average Bonchev–Trinajstić information content (AvgIpc) is 2.66. The van der Waals surface area contributed by atoms with E-state index in [0.29, 0.717) is 17.7 Å². The van der Waals surface area contributed by atoms with Crippen molar-refractivity contribution in [1.82, 2.24) is 9.97 Å². The molecule has 134 valence electrons. The molecule has 0 aliphatic heterocycles. The summed E-state index contributed by atoms with van der Waals surface area (Å²) in [5.74, 6) is 0. The highest BCUT2D eigenvalue weighted by Gasteiger charge is 2.18. The number of nitrogens with one attached hydrogen (secondary N) is 2. The highest BCUT2D eigenvalue weighted by Crippen LogP contribution is 2.22. The molecule has 1 heterocycles. The molecule has 2 aromatic carbocycles. The molecular formula is C20H20N2O3S. The maximum absolute atomic E-state index is 12.4. The van der Waals surface area contributed by atoms with Gasteiger partial charge >= 0.3 is 0 Å². The summed E-state index contributed by atoms with van der Waals surface area (Å²) >= 11 is 5.08. The van der Waals surface area contributed by atoms with Crippen molar-refractivity contribution in [3.63, 3.8) is 0 Å². The number of methoxy groups -OCH3 is 2. The zero-order valence-electron chi connectivity index (χ0n) is 14.6. The van der Waals surface area contributed by atoms with Crippen molar-refractivity contribution in [1.29, 1.82) is 0 Å². The first-order valence-electron chi connectivity index (χ1n) is 8.17. The zero-order valence-corrected chi connectivity index (χ0v) is 15.4. The lowest BCUT2D eigenvalue weighted by Gasteiger charge is -2.17. The topological polar surface area (TPSA) is 67.1 Å². The van der Waals surface area contributed by atoms with E-state index in [-0.39, 0.29) is 10.3 Å². The van der Waals surface area contributed by atoms with Crippen LogP contribution in [0.15, 0.2) is 59.4 Å². The molecule has 0 aliphatic carbocycles. The predicted octanol–water partition coefficient (Wildman–Crippen LogP) is 3.98. The van der Waals surface area contributed by atoms with E-state index in [1.807, 2.05) is 42.5 Å². The molecule has 2 N–H and O–H groups in total. The summed E-state index contributed by atoms with van der Waals surface area (Å²) in [4.78, 5) is 18.1. The van der Waals surface area contributed by atoms with Crippen LogP contribution in [0.2, 0.25) is 0 Å². The highest BCUT2D eigenvalue weighted by molar-refractivity contribution is 7.71. The lowest BCUT2D eigenvalue weighted by atomic mass is 10.00. The van der Waals surface area contributed by atoms with Crippen LogP contribution in [0, 0.1) is 4.77 Å². The van der Waals surface area contributed by atoms with Crippen LogP contribution in [0.4, 0.5) is 0 Å². The second-order valence-corrected chi connectivity index (χ2v) is 6.25. The third-order valence-electron chi connectivity index (χ3n) is 4.18. The fourth-order valence-corrected chi connectivity index (χ4v) is 3.09. The van der Waals surface area contributed by atoms with E-state index < -0.39 is 6.29 Å². The van der Waals surface area contributed by atoms with Crippen LogP contribution in [-0.4, -0.2) is 24.2 Å². The quantitative estimate of drug-likeness (QED) is 0.510. The molecule has 0 unspecified atom stereocenters. The maximum atomic E-state index is 12.4. The van der Waals surface area contributed by atoms with Crippen LogP contribution >= 0.6 is 12.2 Å². The van der Waals surface area contributed by atoms with Crippen molar-refractivity contribution in [2.45, 2.75) is 12.7 Å². The highest BCUT2D eigenvalue weighted by atomic mass is 32.1. The van der Waals surface area contributed by atoms with Gasteiger partial charge in [0.05, 0.1) is 5.69 Å². The molecule has 0 spiro atoms. The van der Waals surface area contributed by atoms with Gasteiger partial charge in [0, 0.05) is 26.2 Å². The van der Waals surface area contributed by atoms with Gasteiger partial charge in [-0.15, -0.1) is 0 Å². The van der Waals surface area contributed by atoms with E-state index in [1.165, 1.54) is 14.2 Å². The van der Waals surface area contributed by atoms with Gasteiger partial charge in [-0.3, -0.25) is 9.78 Å². The number of aromatic amines is 2. The molecule has 6 heteroatoms. The summed E-state index contributed by atoms with van der Waals surface area (Å²) in [5, 5.41) is 0. The Hall–Kier alpha value is -2.54. The summed E-state index contributed by atoms with van der Waals surface area (Å²) in [6, 6.07) is 18.3. The minimum atomic E-state index is -0.683. The number of benzene rings is 2. The van der Waals surface area contributed by atoms with Gasteiger partial charge in [0.15, 0.2) is 11.1 Å². The lowest BCUT2D eigenvalue weighted by Crippen LogP contribution is -2.21. The summed E-state index contributed by atoms with van der Waals surface area (Å²) in [6.45, 7) is 0. The van der Waals surface area contributed by atoms with E-state index >= 15 is 0 Å². The van der Waals surface area contributed by atoms with Gasteiger partial charge < -0.3 is 14.5 Å². The van der Waals surface area contributed by atoms with Crippen LogP contribution in [0.25, 0.3) is 11.1 Å². The third-order valence-corrected chi connectivity index (χ3v) is 4.38. The van der Waals surface area contributed by atoms with Crippen molar-refractivity contribution >= 4 is 12.2 Å². The largest absolute Gasteiger partial charge is 0.350 e. The van der Waals surface area contributed by atoms with Gasteiger partial charge in [-0.25, -0.2) is 0 Å². The molecule has 5 nitrogen and oxygen atoms in total. The SMILES string of the molecule is COC(OC)c1[nH]c(=S)[nH]c(=O)c1Cc1ccc(-c2ccccc2)cc1. The number of rotatable bonds is 6. The van der Waals surface area contributed by atoms with Crippen molar-refractivity contribution in [3.8, 4) is 11.1 Å². The van der Waals surface area contributed by atoms with E-state index in [4.69, 9.17) is 21.7 Å². The van der Waals surface area contributed by atoms with Crippen LogP contribution in [0.1, 0.15) is 23.1 Å². The number of hydrogen-bond donors (Lipinski definition) is 2. The smallest absolute Gasteiger partial charge is 0.255 e. The van der Waals surface area contributed by atoms with Gasteiger partial charge in [-0.2, -0.15) is 0 Å². The summed E-state index contributed by atoms with van der Waals surface area (Å²) < 4.78 is 10.8. The van der Waals surface area contributed by atoms with Crippen molar-refractivity contribution in [3.05, 3.63) is 86.5 Å². The van der Waals surface area contributed by atoms with Crippen molar-refractivity contribution in [2.75, 3.05) is 14.2 Å². The van der Waals surface area contributed by atoms with Gasteiger partial charge in [-0.1, -0.05) is 54.6 Å². The first-order valence-corrected chi connectivity index (χ1v) is 8.58. The monoisotopic (exact) mass is 368 g/mol. The molecule has 3 rings (SSSR count). The first kappa shape index (κ1) is 18.3. The van der Waals surface area contributed by atoms with Gasteiger partial charge in [0.2, 0.25) is 0 Å². The molecule has 3 aromatic rings. The summed E-state index contributed by atoms with van der Waals surface area (Å²) in [6.07, 6.45) is -0.243. The molecule has 1 aromatic heterocycles. The molecule has 26 heavy (non-hydrogen) atoms. The number of aromatic nitrogens is 2. The number of ether oxygens (including phenoxy) is 2. The van der Waals surface area contributed by atoms with E-state index in [2.05, 4.69) is 22.1 Å². The molecule has 0 radical (unpaired) electrons. The zero-order chi connectivity index (χ0) is 18.5. The van der Waals surface area contributed by atoms with Crippen molar-refractivity contribution < 1.29 is 9.47 Å². The van der Waals surface area contributed by atoms with Crippen LogP contribution in [-0.2, 0) is 15.9 Å². The Kier molecular flexibility index (Phi) is 5.78. The lowest BCUT2D eigenvalue weighted by molar-refractivity contribution is -0.109. The Labute approximate surface area is 156 Å². The minimum absolute atomic E-state index is 0.241. The van der Waals surface area contributed by atoms with Crippen LogP contribution in [0.5, 0.6) is 0 Å². The third kappa shape index (κ3) is 3.99. The Morgan fingerprint density at radius 2 is 1.54 bits per heavy atom. The Balaban J connectivity index is 1.94. The average molecular weight is 368 g/mol. The second kappa shape index (κ2) is 8.23. The van der Waals surface area contributed by atoms with E-state index in [0.717, 1.165) is 16.7 Å². The molecule has 0 aliphatic rings. The molecule has 0 saturated carbocycles. The second-order valence-electron chi connectivity index (χ2n) is 5.84. The van der Waals surface area contributed by atoms with Gasteiger partial charge in [-0.05, 0) is 28.9 Å². The fourth-order valence-electron chi connectivity index (χ4n) is 2.89. The number of H-pyrrole nitrogens is 2. The summed E-state index contributed by atoms with van der Waals surface area (Å²) in [7, 11) is 3.04. The van der Waals surface area contributed by atoms with Crippen molar-refractivity contribution in [2.24, 2.45) is 0 Å². The molecule has 0 atom stereocenters. The maximum Gasteiger partial charge on any atom is 0.255 e. The molecule has 0 saturated heterocycles. The van der Waals surface area contributed by atoms with Crippen LogP contribution in [0.3, 0.4) is 0 Å². The molecular weight excluding hydrogens is 348 g/mol. The molecule has 0 fully saturated rings. The fraction of sp³-hybridized carbons (Fsp3) is 0.200. The van der Waals surface area contributed by atoms with Crippen LogP contribution < -0.4 is 5.56 Å². The van der Waals surface area contributed by atoms with E-state index in [1.54, 1.807) is 0 Å². The van der Waals surface area contributed by atoms with Gasteiger partial charge in [0.25, 0.3) is 5.56 Å². The standard InChI is InChI=1S/C20H20N2O3S/c1-24-19(25-2)17-16(18(23)22-20(26)21-17)12-13-8-10-15(11-9-13)14-6-4-3-5-7-14/h3-11,19H,12H2,1-2H3,(H2,21,22,23,26).